The number of unbranched alkanes of at least 4 members (excludes halogenated alkanes) is 16. The summed E-state index contributed by atoms with van der Waals surface area (Å²) in [6.07, 6.45) is 38.2. The highest BCUT2D eigenvalue weighted by Crippen LogP contribution is 2.67. The predicted molar refractivity (Wildman–Crippen MR) is 197 cm³/mol. The van der Waals surface area contributed by atoms with Gasteiger partial charge < -0.3 is 10.4 Å². The molecule has 4 aliphatic carbocycles. The Labute approximate surface area is 291 Å². The first-order valence-corrected chi connectivity index (χ1v) is 21.3. The third-order valence-electron chi connectivity index (χ3n) is 14.7. The molecule has 0 spiro atoms. The van der Waals surface area contributed by atoms with Crippen LogP contribution in [-0.4, -0.2) is 23.0 Å². The van der Waals surface area contributed by atoms with Gasteiger partial charge in [0.1, 0.15) is 0 Å². The van der Waals surface area contributed by atoms with Crippen LogP contribution >= 0.6 is 0 Å². The van der Waals surface area contributed by atoms with Crippen LogP contribution in [0.1, 0.15) is 213 Å². The van der Waals surface area contributed by atoms with Crippen molar-refractivity contribution in [3.8, 4) is 0 Å². The van der Waals surface area contributed by atoms with Crippen LogP contribution in [0.2, 0.25) is 0 Å². The summed E-state index contributed by atoms with van der Waals surface area (Å²) in [4.78, 5) is 24.0. The molecule has 0 aromatic carbocycles. The molecule has 0 aliphatic heterocycles. The molecule has 272 valence electrons. The number of carbonyl (C=O) groups excluding carboxylic acids is 1. The standard InChI is InChI=1S/C43H77NO3/c1-4-5-6-7-8-9-10-11-12-13-14-15-16-17-18-19-20-23-40(45)44-36-29-31-43(3)35(33-36)25-27-37-38-28-26-34(22-21-24-41(46)47)42(38,2)32-30-39(37)43/h34-39H,4-33H2,1-3H3,(H,44,45)(H,46,47). The molecule has 4 saturated carbocycles. The Bertz CT molecular complexity index is 919. The SMILES string of the molecule is CCCCCCCCCCCCCCCCCCCC(=O)NC1CCC2(C)C(CCC3C4CCC(CCCC(=O)O)C4(C)CCC32)C1. The van der Waals surface area contributed by atoms with Crippen molar-refractivity contribution in [1.29, 1.82) is 0 Å². The van der Waals surface area contributed by atoms with E-state index in [-0.39, 0.29) is 0 Å². The van der Waals surface area contributed by atoms with Gasteiger partial charge in [0.15, 0.2) is 0 Å². The van der Waals surface area contributed by atoms with Gasteiger partial charge in [-0.25, -0.2) is 0 Å². The number of fused-ring (bicyclic) bond motifs is 5. The van der Waals surface area contributed by atoms with Crippen LogP contribution in [0, 0.1) is 40.4 Å². The van der Waals surface area contributed by atoms with Gasteiger partial charge in [-0.1, -0.05) is 124 Å². The van der Waals surface area contributed by atoms with E-state index in [1.54, 1.807) is 0 Å². The number of carboxylic acid groups (broad SMARTS) is 1. The summed E-state index contributed by atoms with van der Waals surface area (Å²) in [5.41, 5.74) is 0.876. The first-order valence-electron chi connectivity index (χ1n) is 21.3. The van der Waals surface area contributed by atoms with Crippen LogP contribution in [-0.2, 0) is 9.59 Å². The smallest absolute Gasteiger partial charge is 0.303 e. The quantitative estimate of drug-likeness (QED) is 0.108. The Morgan fingerprint density at radius 2 is 1.17 bits per heavy atom. The maximum atomic E-state index is 12.9. The van der Waals surface area contributed by atoms with Crippen LogP contribution in [0.15, 0.2) is 0 Å². The molecular formula is C43H77NO3. The average molecular weight is 656 g/mol. The molecule has 0 radical (unpaired) electrons. The third kappa shape index (κ3) is 11.2. The fourth-order valence-electron chi connectivity index (χ4n) is 11.8. The van der Waals surface area contributed by atoms with Crippen LogP contribution in [0.5, 0.6) is 0 Å². The van der Waals surface area contributed by atoms with Gasteiger partial charge in [0.25, 0.3) is 0 Å². The zero-order chi connectivity index (χ0) is 33.5. The third-order valence-corrected chi connectivity index (χ3v) is 14.7. The van der Waals surface area contributed by atoms with Crippen LogP contribution in [0.3, 0.4) is 0 Å². The van der Waals surface area contributed by atoms with Crippen molar-refractivity contribution in [1.82, 2.24) is 5.32 Å². The lowest BCUT2D eigenvalue weighted by atomic mass is 9.44. The Hall–Kier alpha value is -1.06. The fraction of sp³-hybridized carbons (Fsp3) is 0.953. The molecule has 4 fully saturated rings. The minimum Gasteiger partial charge on any atom is -0.481 e. The number of hydrogen-bond donors (Lipinski definition) is 2. The summed E-state index contributed by atoms with van der Waals surface area (Å²) in [7, 11) is 0. The molecule has 8 atom stereocenters. The van der Waals surface area contributed by atoms with E-state index >= 15 is 0 Å². The molecule has 0 aromatic rings. The monoisotopic (exact) mass is 656 g/mol. The molecule has 0 bridgehead atoms. The van der Waals surface area contributed by atoms with Crippen molar-refractivity contribution in [3.63, 3.8) is 0 Å². The molecular weight excluding hydrogens is 578 g/mol. The summed E-state index contributed by atoms with van der Waals surface area (Å²) in [6, 6.07) is 0.391. The second-order valence-corrected chi connectivity index (χ2v) is 17.7. The lowest BCUT2D eigenvalue weighted by Gasteiger charge is -2.61. The van der Waals surface area contributed by atoms with Crippen molar-refractivity contribution in [2.24, 2.45) is 40.4 Å². The minimum absolute atomic E-state index is 0.307. The average Bonchev–Trinajstić information content (AvgIpc) is 3.38. The molecule has 1 amide bonds. The zero-order valence-corrected chi connectivity index (χ0v) is 31.4. The van der Waals surface area contributed by atoms with Crippen LogP contribution < -0.4 is 5.32 Å². The van der Waals surface area contributed by atoms with Crippen molar-refractivity contribution in [2.45, 2.75) is 219 Å². The van der Waals surface area contributed by atoms with Gasteiger partial charge in [0.2, 0.25) is 5.91 Å². The normalized spacial score (nSPS) is 33.2. The maximum Gasteiger partial charge on any atom is 0.303 e. The first-order chi connectivity index (χ1) is 22.8. The van der Waals surface area contributed by atoms with Gasteiger partial charge in [0.05, 0.1) is 0 Å². The number of carbonyl (C=O) groups is 2. The van der Waals surface area contributed by atoms with Crippen molar-refractivity contribution >= 4 is 11.9 Å². The molecule has 0 aromatic heterocycles. The second-order valence-electron chi connectivity index (χ2n) is 17.7. The van der Waals surface area contributed by atoms with E-state index in [0.29, 0.717) is 29.2 Å². The Kier molecular flexibility index (Phi) is 16.4. The van der Waals surface area contributed by atoms with E-state index < -0.39 is 5.97 Å². The zero-order valence-electron chi connectivity index (χ0n) is 31.4. The van der Waals surface area contributed by atoms with E-state index in [4.69, 9.17) is 5.11 Å². The summed E-state index contributed by atoms with van der Waals surface area (Å²) < 4.78 is 0. The highest BCUT2D eigenvalue weighted by molar-refractivity contribution is 5.76. The molecule has 4 rings (SSSR count). The van der Waals surface area contributed by atoms with Gasteiger partial charge in [-0.3, -0.25) is 9.59 Å². The lowest BCUT2D eigenvalue weighted by Crippen LogP contribution is -2.55. The van der Waals surface area contributed by atoms with Crippen molar-refractivity contribution in [3.05, 3.63) is 0 Å². The number of amides is 1. The van der Waals surface area contributed by atoms with Crippen molar-refractivity contribution < 1.29 is 14.7 Å². The molecule has 4 heteroatoms. The van der Waals surface area contributed by atoms with E-state index in [9.17, 15) is 9.59 Å². The molecule has 4 aliphatic rings. The molecule has 0 heterocycles. The number of rotatable bonds is 23. The summed E-state index contributed by atoms with van der Waals surface area (Å²) in [5, 5.41) is 12.6. The molecule has 4 nitrogen and oxygen atoms in total. The first kappa shape index (κ1) is 38.7. The minimum atomic E-state index is -0.637. The number of nitrogens with one attached hydrogen (secondary N) is 1. The molecule has 2 N–H and O–H groups in total. The highest BCUT2D eigenvalue weighted by Gasteiger charge is 2.59. The van der Waals surface area contributed by atoms with Crippen LogP contribution in [0.25, 0.3) is 0 Å². The number of aliphatic carboxylic acids is 1. The maximum absolute atomic E-state index is 12.9. The number of carboxylic acids is 1. The highest BCUT2D eigenvalue weighted by atomic mass is 16.4. The van der Waals surface area contributed by atoms with Crippen molar-refractivity contribution in [2.75, 3.05) is 0 Å². The lowest BCUT2D eigenvalue weighted by molar-refractivity contribution is -0.137. The van der Waals surface area contributed by atoms with E-state index in [1.807, 2.05) is 0 Å². The molecule has 0 saturated heterocycles. The Morgan fingerprint density at radius 3 is 1.77 bits per heavy atom. The summed E-state index contributed by atoms with van der Waals surface area (Å²) >= 11 is 0. The Morgan fingerprint density at radius 1 is 0.617 bits per heavy atom. The summed E-state index contributed by atoms with van der Waals surface area (Å²) in [6.45, 7) is 7.50. The van der Waals surface area contributed by atoms with E-state index in [0.717, 1.165) is 55.3 Å². The van der Waals surface area contributed by atoms with E-state index in [2.05, 4.69) is 26.1 Å². The topological polar surface area (TPSA) is 66.4 Å². The number of hydrogen-bond acceptors (Lipinski definition) is 2. The molecule has 47 heavy (non-hydrogen) atoms. The predicted octanol–water partition coefficient (Wildman–Crippen LogP) is 12.4. The molecule has 8 unspecified atom stereocenters. The second kappa shape index (κ2) is 20.0. The largest absolute Gasteiger partial charge is 0.481 e. The summed E-state index contributed by atoms with van der Waals surface area (Å²) in [5.74, 6) is 3.72. The van der Waals surface area contributed by atoms with Gasteiger partial charge in [-0.05, 0) is 117 Å². The van der Waals surface area contributed by atoms with Gasteiger partial charge in [-0.2, -0.15) is 0 Å². The van der Waals surface area contributed by atoms with E-state index in [1.165, 1.54) is 161 Å². The fourth-order valence-corrected chi connectivity index (χ4v) is 11.8. The van der Waals surface area contributed by atoms with Gasteiger partial charge in [-0.15, -0.1) is 0 Å². The van der Waals surface area contributed by atoms with Gasteiger partial charge in [0, 0.05) is 18.9 Å². The Balaban J connectivity index is 1.03. The van der Waals surface area contributed by atoms with Crippen LogP contribution in [0.4, 0.5) is 0 Å². The van der Waals surface area contributed by atoms with Gasteiger partial charge >= 0.3 is 5.97 Å².